The Morgan fingerprint density at radius 3 is 2.83 bits per heavy atom. The van der Waals surface area contributed by atoms with Crippen LogP contribution < -0.4 is 10.6 Å². The molecule has 0 aromatic heterocycles. The molecule has 4 atom stereocenters. The number of hydrogen-bond donors (Lipinski definition) is 2. The number of morpholine rings is 1. The van der Waals surface area contributed by atoms with Crippen molar-refractivity contribution < 1.29 is 9.47 Å². The molecule has 0 aromatic rings. The second kappa shape index (κ2) is 7.43. The van der Waals surface area contributed by atoms with Gasteiger partial charge in [-0.15, -0.1) is 0 Å². The first-order chi connectivity index (χ1) is 8.75. The van der Waals surface area contributed by atoms with E-state index in [9.17, 15) is 0 Å². The lowest BCUT2D eigenvalue weighted by molar-refractivity contribution is -0.00665. The van der Waals surface area contributed by atoms with Crippen molar-refractivity contribution >= 4 is 0 Å². The largest absolute Gasteiger partial charge is 0.379 e. The predicted molar refractivity (Wildman–Crippen MR) is 72.9 cm³/mol. The molecule has 4 heteroatoms. The van der Waals surface area contributed by atoms with E-state index < -0.39 is 0 Å². The number of rotatable bonds is 5. The van der Waals surface area contributed by atoms with Crippen LogP contribution in [0.25, 0.3) is 0 Å². The van der Waals surface area contributed by atoms with Crippen molar-refractivity contribution in [3.63, 3.8) is 0 Å². The van der Waals surface area contributed by atoms with E-state index in [0.29, 0.717) is 24.2 Å². The molecule has 18 heavy (non-hydrogen) atoms. The van der Waals surface area contributed by atoms with Gasteiger partial charge in [0, 0.05) is 31.3 Å². The molecule has 0 bridgehead atoms. The molecule has 2 fully saturated rings. The van der Waals surface area contributed by atoms with Gasteiger partial charge in [-0.2, -0.15) is 0 Å². The molecule has 0 aliphatic carbocycles. The van der Waals surface area contributed by atoms with Gasteiger partial charge in [-0.05, 0) is 39.5 Å². The van der Waals surface area contributed by atoms with Gasteiger partial charge in [0.15, 0.2) is 0 Å². The van der Waals surface area contributed by atoms with E-state index in [1.807, 2.05) is 0 Å². The molecule has 2 rings (SSSR count). The first-order valence-electron chi connectivity index (χ1n) is 7.44. The quantitative estimate of drug-likeness (QED) is 0.778. The van der Waals surface area contributed by atoms with E-state index >= 15 is 0 Å². The highest BCUT2D eigenvalue weighted by Crippen LogP contribution is 2.16. The van der Waals surface area contributed by atoms with Crippen molar-refractivity contribution in [3.05, 3.63) is 0 Å². The minimum atomic E-state index is 0.400. The van der Waals surface area contributed by atoms with Crippen molar-refractivity contribution in [2.75, 3.05) is 26.4 Å². The third-order valence-electron chi connectivity index (χ3n) is 3.96. The molecule has 2 N–H and O–H groups in total. The van der Waals surface area contributed by atoms with Gasteiger partial charge in [-0.25, -0.2) is 0 Å². The second-order valence-corrected chi connectivity index (χ2v) is 5.72. The van der Waals surface area contributed by atoms with Crippen LogP contribution in [-0.4, -0.2) is 50.6 Å². The van der Waals surface area contributed by atoms with E-state index in [-0.39, 0.29) is 0 Å². The average Bonchev–Trinajstić information content (AvgIpc) is 2.40. The lowest BCUT2D eigenvalue weighted by Crippen LogP contribution is -2.49. The van der Waals surface area contributed by atoms with Crippen LogP contribution in [0.3, 0.4) is 0 Å². The SMILES string of the molecule is CC(CC1COCCN1)NC(C)C1CCCCO1. The Balaban J connectivity index is 1.67. The minimum Gasteiger partial charge on any atom is -0.379 e. The Morgan fingerprint density at radius 2 is 2.17 bits per heavy atom. The molecule has 106 valence electrons. The minimum absolute atomic E-state index is 0.400. The lowest BCUT2D eigenvalue weighted by Gasteiger charge is -2.32. The summed E-state index contributed by atoms with van der Waals surface area (Å²) in [4.78, 5) is 0. The molecular weight excluding hydrogens is 228 g/mol. The Morgan fingerprint density at radius 1 is 1.28 bits per heavy atom. The number of ether oxygens (including phenoxy) is 2. The number of nitrogens with one attached hydrogen (secondary N) is 2. The van der Waals surface area contributed by atoms with Gasteiger partial charge in [-0.1, -0.05) is 0 Å². The maximum atomic E-state index is 5.83. The maximum Gasteiger partial charge on any atom is 0.0725 e. The van der Waals surface area contributed by atoms with E-state index in [1.54, 1.807) is 0 Å². The summed E-state index contributed by atoms with van der Waals surface area (Å²) < 4.78 is 11.3. The number of hydrogen-bond acceptors (Lipinski definition) is 4. The predicted octanol–water partition coefficient (Wildman–Crippen LogP) is 1.30. The molecule has 0 radical (unpaired) electrons. The maximum absolute atomic E-state index is 5.83. The van der Waals surface area contributed by atoms with Crippen LogP contribution >= 0.6 is 0 Å². The lowest BCUT2D eigenvalue weighted by atomic mass is 10.0. The van der Waals surface area contributed by atoms with Gasteiger partial charge in [0.1, 0.15) is 0 Å². The zero-order valence-electron chi connectivity index (χ0n) is 11.8. The van der Waals surface area contributed by atoms with Gasteiger partial charge in [-0.3, -0.25) is 0 Å². The van der Waals surface area contributed by atoms with Crippen LogP contribution in [0, 0.1) is 0 Å². The highest BCUT2D eigenvalue weighted by Gasteiger charge is 2.23. The van der Waals surface area contributed by atoms with Crippen molar-refractivity contribution in [2.24, 2.45) is 0 Å². The standard InChI is InChI=1S/C14H28N2O2/c1-11(9-13-10-17-8-6-15-13)16-12(2)14-5-3-4-7-18-14/h11-16H,3-10H2,1-2H3. The third-order valence-corrected chi connectivity index (χ3v) is 3.96. The zero-order valence-corrected chi connectivity index (χ0v) is 11.8. The van der Waals surface area contributed by atoms with Crippen LogP contribution in [0.5, 0.6) is 0 Å². The fourth-order valence-corrected chi connectivity index (χ4v) is 2.98. The highest BCUT2D eigenvalue weighted by molar-refractivity contribution is 4.81. The van der Waals surface area contributed by atoms with Crippen LogP contribution in [-0.2, 0) is 9.47 Å². The summed E-state index contributed by atoms with van der Waals surface area (Å²) in [6.45, 7) is 8.12. The first-order valence-corrected chi connectivity index (χ1v) is 7.44. The fourth-order valence-electron chi connectivity index (χ4n) is 2.98. The molecule has 0 aromatic carbocycles. The molecule has 2 saturated heterocycles. The summed E-state index contributed by atoms with van der Waals surface area (Å²) in [5, 5.41) is 7.18. The molecule has 2 heterocycles. The molecule has 2 aliphatic rings. The van der Waals surface area contributed by atoms with Gasteiger partial charge < -0.3 is 20.1 Å². The fraction of sp³-hybridized carbons (Fsp3) is 1.00. The third kappa shape index (κ3) is 4.50. The van der Waals surface area contributed by atoms with Gasteiger partial charge in [0.2, 0.25) is 0 Å². The molecular formula is C14H28N2O2. The van der Waals surface area contributed by atoms with E-state index in [2.05, 4.69) is 24.5 Å². The summed E-state index contributed by atoms with van der Waals surface area (Å²) >= 11 is 0. The smallest absolute Gasteiger partial charge is 0.0725 e. The van der Waals surface area contributed by atoms with Crippen molar-refractivity contribution in [3.8, 4) is 0 Å². The second-order valence-electron chi connectivity index (χ2n) is 5.72. The van der Waals surface area contributed by atoms with Crippen molar-refractivity contribution in [1.29, 1.82) is 0 Å². The van der Waals surface area contributed by atoms with Crippen LogP contribution in [0.4, 0.5) is 0 Å². The summed E-state index contributed by atoms with van der Waals surface area (Å²) in [7, 11) is 0. The molecule has 2 aliphatic heterocycles. The van der Waals surface area contributed by atoms with E-state index in [0.717, 1.165) is 32.8 Å². The van der Waals surface area contributed by atoms with Crippen molar-refractivity contribution in [1.82, 2.24) is 10.6 Å². The summed E-state index contributed by atoms with van der Waals surface area (Å²) in [6, 6.07) is 1.45. The van der Waals surface area contributed by atoms with Crippen LogP contribution in [0.2, 0.25) is 0 Å². The Hall–Kier alpha value is -0.160. The average molecular weight is 256 g/mol. The first kappa shape index (κ1) is 14.3. The summed E-state index contributed by atoms with van der Waals surface area (Å²) in [5.74, 6) is 0. The normalized spacial score (nSPS) is 33.0. The molecule has 0 saturated carbocycles. The van der Waals surface area contributed by atoms with Gasteiger partial charge in [0.05, 0.1) is 19.3 Å². The van der Waals surface area contributed by atoms with Crippen molar-refractivity contribution in [2.45, 2.75) is 63.8 Å². The summed E-state index contributed by atoms with van der Waals surface area (Å²) in [6.07, 6.45) is 5.25. The van der Waals surface area contributed by atoms with Crippen LogP contribution in [0.1, 0.15) is 39.5 Å². The van der Waals surface area contributed by atoms with Gasteiger partial charge in [0.25, 0.3) is 0 Å². The molecule has 0 spiro atoms. The Labute approximate surface area is 111 Å². The van der Waals surface area contributed by atoms with E-state index in [4.69, 9.17) is 9.47 Å². The molecule has 4 unspecified atom stereocenters. The van der Waals surface area contributed by atoms with Gasteiger partial charge >= 0.3 is 0 Å². The van der Waals surface area contributed by atoms with E-state index in [1.165, 1.54) is 19.3 Å². The molecule has 4 nitrogen and oxygen atoms in total. The topological polar surface area (TPSA) is 42.5 Å². The Kier molecular flexibility index (Phi) is 5.89. The highest BCUT2D eigenvalue weighted by atomic mass is 16.5. The van der Waals surface area contributed by atoms with Crippen LogP contribution in [0.15, 0.2) is 0 Å². The molecule has 0 amide bonds. The monoisotopic (exact) mass is 256 g/mol. The summed E-state index contributed by atoms with van der Waals surface area (Å²) in [5.41, 5.74) is 0. The zero-order chi connectivity index (χ0) is 12.8. The Bertz CT molecular complexity index is 226.